The van der Waals surface area contributed by atoms with Gasteiger partial charge in [-0.3, -0.25) is 9.59 Å². The van der Waals surface area contributed by atoms with Crippen LogP contribution in [0.2, 0.25) is 0 Å². The van der Waals surface area contributed by atoms with Gasteiger partial charge < -0.3 is 20.8 Å². The quantitative estimate of drug-likeness (QED) is 0.135. The van der Waals surface area contributed by atoms with Crippen LogP contribution in [0.1, 0.15) is 109 Å². The summed E-state index contributed by atoms with van der Waals surface area (Å²) < 4.78 is 28.4. The van der Waals surface area contributed by atoms with Gasteiger partial charge in [0, 0.05) is 25.3 Å². The normalized spacial score (nSPS) is 18.6. The maximum absolute atomic E-state index is 14.2. The van der Waals surface area contributed by atoms with Crippen molar-refractivity contribution in [3.05, 3.63) is 23.8 Å². The molecule has 1 fully saturated rings. The number of aliphatic hydroxyl groups excluding tert-OH is 2. The van der Waals surface area contributed by atoms with Crippen molar-refractivity contribution in [2.45, 2.75) is 121 Å². The maximum atomic E-state index is 14.2. The fourth-order valence-corrected chi connectivity index (χ4v) is 4.35. The Kier molecular flexibility index (Phi) is 18.2. The van der Waals surface area contributed by atoms with Crippen LogP contribution >= 0.6 is 0 Å². The summed E-state index contributed by atoms with van der Waals surface area (Å²) in [5.74, 6) is -3.20. The minimum absolute atomic E-state index is 0.216. The molecule has 1 aliphatic rings. The largest absolute Gasteiger partial charge is 0.396 e. The predicted molar refractivity (Wildman–Crippen MR) is 135 cm³/mol. The molecular weight excluding hydrogens is 454 g/mol. The van der Waals surface area contributed by atoms with E-state index < -0.39 is 35.6 Å². The topological polar surface area (TPSA) is 98.7 Å². The lowest BCUT2D eigenvalue weighted by atomic mass is 10.1. The number of carbonyl (C=O) groups excluding carboxylic acids is 2. The van der Waals surface area contributed by atoms with E-state index in [2.05, 4.69) is 10.6 Å². The van der Waals surface area contributed by atoms with E-state index >= 15 is 0 Å². The number of allylic oxidation sites excluding steroid dienone is 2. The molecule has 1 saturated carbocycles. The Hall–Kier alpha value is -1.80. The fourth-order valence-electron chi connectivity index (χ4n) is 4.35. The molecule has 8 heteroatoms. The summed E-state index contributed by atoms with van der Waals surface area (Å²) in [5, 5.41) is 22.8. The number of hydrogen-bond acceptors (Lipinski definition) is 4. The minimum Gasteiger partial charge on any atom is -0.396 e. The van der Waals surface area contributed by atoms with E-state index in [-0.39, 0.29) is 13.2 Å². The Balaban J connectivity index is 2.30. The van der Waals surface area contributed by atoms with Crippen molar-refractivity contribution in [3.63, 3.8) is 0 Å². The van der Waals surface area contributed by atoms with Crippen molar-refractivity contribution in [2.75, 3.05) is 13.2 Å². The molecule has 0 bridgehead atoms. The zero-order valence-electron chi connectivity index (χ0n) is 21.2. The Labute approximate surface area is 209 Å². The zero-order valence-corrected chi connectivity index (χ0v) is 21.2. The lowest BCUT2D eigenvalue weighted by molar-refractivity contribution is -0.122. The molecule has 1 rings (SSSR count). The highest BCUT2D eigenvalue weighted by atomic mass is 19.1. The highest BCUT2D eigenvalue weighted by molar-refractivity contribution is 5.92. The fraction of sp³-hybridized carbons (Fsp3) is 0.778. The van der Waals surface area contributed by atoms with Gasteiger partial charge in [0.15, 0.2) is 11.7 Å². The van der Waals surface area contributed by atoms with E-state index in [0.717, 1.165) is 83.5 Å². The first-order chi connectivity index (χ1) is 17.0. The number of unbranched alkanes of at least 4 members (excludes halogenated alkanes) is 12. The number of carbonyl (C=O) groups is 2. The van der Waals surface area contributed by atoms with Crippen molar-refractivity contribution in [3.8, 4) is 0 Å². The van der Waals surface area contributed by atoms with Crippen molar-refractivity contribution in [1.82, 2.24) is 10.6 Å². The van der Waals surface area contributed by atoms with Gasteiger partial charge in [-0.1, -0.05) is 51.4 Å². The molecule has 0 aromatic carbocycles. The molecule has 0 unspecified atom stereocenters. The summed E-state index contributed by atoms with van der Waals surface area (Å²) in [4.78, 5) is 24.4. The first kappa shape index (κ1) is 31.2. The summed E-state index contributed by atoms with van der Waals surface area (Å²) in [7, 11) is 0. The molecule has 0 heterocycles. The second kappa shape index (κ2) is 20.4. The molecule has 0 aromatic heterocycles. The molecule has 0 aliphatic heterocycles. The summed E-state index contributed by atoms with van der Waals surface area (Å²) in [6.07, 6.45) is 16.9. The summed E-state index contributed by atoms with van der Waals surface area (Å²) in [5.41, 5.74) is 0. The first-order valence-corrected chi connectivity index (χ1v) is 13.5. The van der Waals surface area contributed by atoms with Crippen LogP contribution < -0.4 is 10.6 Å². The van der Waals surface area contributed by atoms with Gasteiger partial charge in [-0.25, -0.2) is 8.78 Å². The van der Waals surface area contributed by atoms with E-state index in [1.807, 2.05) is 0 Å². The molecule has 0 radical (unpaired) electrons. The number of aliphatic hydroxyl groups is 2. The van der Waals surface area contributed by atoms with Crippen molar-refractivity contribution in [1.29, 1.82) is 0 Å². The number of hydrogen-bond donors (Lipinski definition) is 4. The lowest BCUT2D eigenvalue weighted by Gasteiger charge is -2.21. The molecule has 0 aromatic rings. The molecule has 35 heavy (non-hydrogen) atoms. The minimum atomic E-state index is -0.815. The third kappa shape index (κ3) is 15.0. The second-order valence-corrected chi connectivity index (χ2v) is 9.46. The van der Waals surface area contributed by atoms with Gasteiger partial charge in [-0.05, 0) is 69.9 Å². The van der Waals surface area contributed by atoms with Crippen molar-refractivity contribution in [2.24, 2.45) is 0 Å². The summed E-state index contributed by atoms with van der Waals surface area (Å²) in [6, 6.07) is -0.826. The lowest BCUT2D eigenvalue weighted by Crippen LogP contribution is -2.48. The van der Waals surface area contributed by atoms with Crippen LogP contribution in [0.3, 0.4) is 0 Å². The molecule has 202 valence electrons. The van der Waals surface area contributed by atoms with Crippen LogP contribution in [-0.4, -0.2) is 47.3 Å². The molecule has 2 amide bonds. The maximum Gasteiger partial charge on any atom is 0.279 e. The Bertz CT molecular complexity index is 601. The first-order valence-electron chi connectivity index (χ1n) is 13.5. The third-order valence-electron chi connectivity index (χ3n) is 6.45. The van der Waals surface area contributed by atoms with E-state index in [1.54, 1.807) is 0 Å². The Morgan fingerprint density at radius 1 is 0.629 bits per heavy atom. The van der Waals surface area contributed by atoms with E-state index in [4.69, 9.17) is 10.2 Å². The van der Waals surface area contributed by atoms with Crippen LogP contribution in [0.4, 0.5) is 8.78 Å². The molecule has 0 saturated heterocycles. The van der Waals surface area contributed by atoms with E-state index in [9.17, 15) is 18.4 Å². The SMILES string of the molecule is O=C(N[C@H]1CCC[C@H]1NC(=O)C(F)=CCCCCCCCCO)C(F)=CCCCCCCCCO. The van der Waals surface area contributed by atoms with Gasteiger partial charge in [0.05, 0.1) is 0 Å². The average Bonchev–Trinajstić information content (AvgIpc) is 3.28. The molecule has 1 aliphatic carbocycles. The van der Waals surface area contributed by atoms with Crippen LogP contribution in [0.25, 0.3) is 0 Å². The Morgan fingerprint density at radius 2 is 0.971 bits per heavy atom. The van der Waals surface area contributed by atoms with Crippen molar-refractivity contribution < 1.29 is 28.6 Å². The molecule has 6 nitrogen and oxygen atoms in total. The average molecular weight is 501 g/mol. The van der Waals surface area contributed by atoms with Gasteiger partial charge in [-0.2, -0.15) is 0 Å². The number of amides is 2. The second-order valence-electron chi connectivity index (χ2n) is 9.46. The number of rotatable bonds is 20. The Morgan fingerprint density at radius 3 is 1.34 bits per heavy atom. The van der Waals surface area contributed by atoms with Crippen LogP contribution in [0.15, 0.2) is 23.8 Å². The van der Waals surface area contributed by atoms with Crippen molar-refractivity contribution >= 4 is 11.8 Å². The predicted octanol–water partition coefficient (Wildman–Crippen LogP) is 5.29. The standard InChI is InChI=1S/C27H46F2N2O4/c28-22(16-11-7-3-1-5-9-13-20-32)26(34)30-24-18-15-19-25(24)31-27(35)23(29)17-12-8-4-2-6-10-14-21-33/h16-17,24-25,32-33H,1-15,18-21H2,(H,30,34)(H,31,35)/t24-,25+. The van der Waals surface area contributed by atoms with Gasteiger partial charge in [0.25, 0.3) is 11.8 Å². The van der Waals surface area contributed by atoms with Crippen LogP contribution in [0, 0.1) is 0 Å². The van der Waals surface area contributed by atoms with Gasteiger partial charge in [0.2, 0.25) is 0 Å². The van der Waals surface area contributed by atoms with Gasteiger partial charge in [0.1, 0.15) is 0 Å². The highest BCUT2D eigenvalue weighted by Crippen LogP contribution is 2.21. The molecule has 4 N–H and O–H groups in total. The summed E-state index contributed by atoms with van der Waals surface area (Å²) in [6.45, 7) is 0.433. The summed E-state index contributed by atoms with van der Waals surface area (Å²) >= 11 is 0. The van der Waals surface area contributed by atoms with E-state index in [1.165, 1.54) is 12.2 Å². The zero-order chi connectivity index (χ0) is 25.7. The number of nitrogens with one attached hydrogen (secondary N) is 2. The van der Waals surface area contributed by atoms with Gasteiger partial charge in [-0.15, -0.1) is 0 Å². The molecular formula is C27H46F2N2O4. The molecule has 2 atom stereocenters. The molecule has 0 spiro atoms. The smallest absolute Gasteiger partial charge is 0.279 e. The van der Waals surface area contributed by atoms with E-state index in [0.29, 0.717) is 25.7 Å². The number of halogens is 2. The van der Waals surface area contributed by atoms with Crippen LogP contribution in [0.5, 0.6) is 0 Å². The van der Waals surface area contributed by atoms with Crippen LogP contribution in [-0.2, 0) is 9.59 Å². The van der Waals surface area contributed by atoms with Gasteiger partial charge >= 0.3 is 0 Å². The highest BCUT2D eigenvalue weighted by Gasteiger charge is 2.31. The third-order valence-corrected chi connectivity index (χ3v) is 6.45. The monoisotopic (exact) mass is 500 g/mol.